The Hall–Kier alpha value is -1.67. The van der Waals surface area contributed by atoms with Crippen molar-refractivity contribution in [3.63, 3.8) is 0 Å². The van der Waals surface area contributed by atoms with Crippen molar-refractivity contribution in [1.29, 1.82) is 0 Å². The maximum absolute atomic E-state index is 13.8. The van der Waals surface area contributed by atoms with Crippen LogP contribution in [0.25, 0.3) is 11.1 Å². The van der Waals surface area contributed by atoms with Crippen molar-refractivity contribution in [2.75, 3.05) is 6.61 Å². The lowest BCUT2D eigenvalue weighted by Gasteiger charge is -2.17. The first-order valence-electron chi connectivity index (χ1n) is 10.1. The van der Waals surface area contributed by atoms with Crippen LogP contribution in [0, 0.1) is 12.7 Å². The van der Waals surface area contributed by atoms with Crippen molar-refractivity contribution in [3.05, 3.63) is 59.4 Å². The van der Waals surface area contributed by atoms with Gasteiger partial charge < -0.3 is 4.74 Å². The molecule has 1 unspecified atom stereocenters. The van der Waals surface area contributed by atoms with E-state index in [-0.39, 0.29) is 11.9 Å². The summed E-state index contributed by atoms with van der Waals surface area (Å²) in [5.74, 6) is -0.177. The minimum absolute atomic E-state index is 0.177. The lowest BCUT2D eigenvalue weighted by atomic mass is 9.94. The van der Waals surface area contributed by atoms with Crippen LogP contribution in [0.3, 0.4) is 0 Å². The van der Waals surface area contributed by atoms with E-state index in [4.69, 9.17) is 4.74 Å². The highest BCUT2D eigenvalue weighted by Gasteiger charge is 2.11. The summed E-state index contributed by atoms with van der Waals surface area (Å²) in [7, 11) is 0. The van der Waals surface area contributed by atoms with E-state index < -0.39 is 0 Å². The average molecular weight is 357 g/mol. The molecular formula is C24H33FO. The van der Waals surface area contributed by atoms with Crippen LogP contribution in [0.5, 0.6) is 0 Å². The standard InChI is InChI=1S/C24H33FO/c1-4-6-7-8-17-26-23(5-2)16-14-21-13-15-22(25)18-24(21)20-11-9-19(3)10-12-20/h9-13,15,18,23H,4-8,14,16-17H2,1-3H3. The molecular weight excluding hydrogens is 323 g/mol. The highest BCUT2D eigenvalue weighted by atomic mass is 19.1. The second kappa shape index (κ2) is 11.1. The van der Waals surface area contributed by atoms with Crippen LogP contribution in [-0.2, 0) is 11.2 Å². The van der Waals surface area contributed by atoms with Gasteiger partial charge in [-0.15, -0.1) is 0 Å². The molecule has 26 heavy (non-hydrogen) atoms. The largest absolute Gasteiger partial charge is 0.378 e. The van der Waals surface area contributed by atoms with E-state index >= 15 is 0 Å². The van der Waals surface area contributed by atoms with E-state index in [1.165, 1.54) is 30.4 Å². The highest BCUT2D eigenvalue weighted by molar-refractivity contribution is 5.67. The Morgan fingerprint density at radius 2 is 1.73 bits per heavy atom. The van der Waals surface area contributed by atoms with E-state index in [1.54, 1.807) is 12.1 Å². The van der Waals surface area contributed by atoms with Gasteiger partial charge in [0.25, 0.3) is 0 Å². The summed E-state index contributed by atoms with van der Waals surface area (Å²) in [6.07, 6.45) is 8.14. The quantitative estimate of drug-likeness (QED) is 0.390. The number of ether oxygens (including phenoxy) is 1. The molecule has 0 aliphatic carbocycles. The molecule has 0 bridgehead atoms. The third kappa shape index (κ3) is 6.57. The zero-order valence-corrected chi connectivity index (χ0v) is 16.6. The Balaban J connectivity index is 1.98. The summed E-state index contributed by atoms with van der Waals surface area (Å²) in [4.78, 5) is 0. The second-order valence-corrected chi connectivity index (χ2v) is 7.17. The van der Waals surface area contributed by atoms with Gasteiger partial charge in [-0.2, -0.15) is 0 Å². The maximum atomic E-state index is 13.8. The van der Waals surface area contributed by atoms with Crippen molar-refractivity contribution in [2.24, 2.45) is 0 Å². The zero-order valence-electron chi connectivity index (χ0n) is 16.6. The molecule has 142 valence electrons. The summed E-state index contributed by atoms with van der Waals surface area (Å²) >= 11 is 0. The van der Waals surface area contributed by atoms with Gasteiger partial charge in [-0.25, -0.2) is 4.39 Å². The van der Waals surface area contributed by atoms with Gasteiger partial charge in [0, 0.05) is 6.61 Å². The Morgan fingerprint density at radius 3 is 2.42 bits per heavy atom. The van der Waals surface area contributed by atoms with Crippen LogP contribution >= 0.6 is 0 Å². The molecule has 0 aliphatic heterocycles. The molecule has 0 spiro atoms. The first-order chi connectivity index (χ1) is 12.6. The molecule has 2 aromatic carbocycles. The number of rotatable bonds is 11. The molecule has 0 aliphatic rings. The third-order valence-corrected chi connectivity index (χ3v) is 4.98. The van der Waals surface area contributed by atoms with E-state index in [2.05, 4.69) is 45.0 Å². The normalized spacial score (nSPS) is 12.3. The Labute approximate surface area is 158 Å². The maximum Gasteiger partial charge on any atom is 0.123 e. The van der Waals surface area contributed by atoms with Crippen molar-refractivity contribution in [1.82, 2.24) is 0 Å². The minimum atomic E-state index is -0.177. The summed E-state index contributed by atoms with van der Waals surface area (Å²) in [5, 5.41) is 0. The van der Waals surface area contributed by atoms with Gasteiger partial charge in [0.15, 0.2) is 0 Å². The van der Waals surface area contributed by atoms with Gasteiger partial charge in [0.1, 0.15) is 5.82 Å². The predicted molar refractivity (Wildman–Crippen MR) is 109 cm³/mol. The first kappa shape index (κ1) is 20.6. The molecule has 0 saturated carbocycles. The Morgan fingerprint density at radius 1 is 0.962 bits per heavy atom. The van der Waals surface area contributed by atoms with Crippen LogP contribution in [0.1, 0.15) is 63.5 Å². The van der Waals surface area contributed by atoms with Crippen LogP contribution < -0.4 is 0 Å². The average Bonchev–Trinajstić information content (AvgIpc) is 2.65. The molecule has 0 fully saturated rings. The van der Waals surface area contributed by atoms with Crippen molar-refractivity contribution >= 4 is 0 Å². The topological polar surface area (TPSA) is 9.23 Å². The van der Waals surface area contributed by atoms with Crippen molar-refractivity contribution < 1.29 is 9.13 Å². The van der Waals surface area contributed by atoms with E-state index in [1.807, 2.05) is 6.07 Å². The van der Waals surface area contributed by atoms with Crippen molar-refractivity contribution in [2.45, 2.75) is 71.8 Å². The SMILES string of the molecule is CCCCCCOC(CC)CCc1ccc(F)cc1-c1ccc(C)cc1. The lowest BCUT2D eigenvalue weighted by molar-refractivity contribution is 0.0427. The number of halogens is 1. The summed E-state index contributed by atoms with van der Waals surface area (Å²) in [5.41, 5.74) is 4.50. The number of aryl methyl sites for hydroxylation is 2. The highest BCUT2D eigenvalue weighted by Crippen LogP contribution is 2.27. The van der Waals surface area contributed by atoms with Gasteiger partial charge in [0.2, 0.25) is 0 Å². The molecule has 0 amide bonds. The smallest absolute Gasteiger partial charge is 0.123 e. The summed E-state index contributed by atoms with van der Waals surface area (Å²) < 4.78 is 19.9. The molecule has 1 nitrogen and oxygen atoms in total. The van der Waals surface area contributed by atoms with E-state index in [9.17, 15) is 4.39 Å². The second-order valence-electron chi connectivity index (χ2n) is 7.17. The third-order valence-electron chi connectivity index (χ3n) is 4.98. The molecule has 0 N–H and O–H groups in total. The van der Waals surface area contributed by atoms with Gasteiger partial charge in [-0.3, -0.25) is 0 Å². The van der Waals surface area contributed by atoms with Gasteiger partial charge in [-0.05, 0) is 61.4 Å². The summed E-state index contributed by atoms with van der Waals surface area (Å²) in [6, 6.07) is 13.5. The fraction of sp³-hybridized carbons (Fsp3) is 0.500. The van der Waals surface area contributed by atoms with Crippen LogP contribution in [0.15, 0.2) is 42.5 Å². The predicted octanol–water partition coefficient (Wildman–Crippen LogP) is 7.11. The van der Waals surface area contributed by atoms with Gasteiger partial charge in [0.05, 0.1) is 6.10 Å². The molecule has 0 radical (unpaired) electrons. The van der Waals surface area contributed by atoms with Crippen LogP contribution in [0.4, 0.5) is 4.39 Å². The fourth-order valence-corrected chi connectivity index (χ4v) is 3.27. The molecule has 2 aromatic rings. The van der Waals surface area contributed by atoms with Crippen LogP contribution in [0.2, 0.25) is 0 Å². The number of unbranched alkanes of at least 4 members (excludes halogenated alkanes) is 3. The zero-order chi connectivity index (χ0) is 18.8. The molecule has 0 saturated heterocycles. The minimum Gasteiger partial charge on any atom is -0.378 e. The number of hydrogen-bond donors (Lipinski definition) is 0. The Kier molecular flexibility index (Phi) is 8.84. The number of hydrogen-bond acceptors (Lipinski definition) is 1. The fourth-order valence-electron chi connectivity index (χ4n) is 3.27. The van der Waals surface area contributed by atoms with Gasteiger partial charge in [-0.1, -0.05) is 69.0 Å². The molecule has 2 rings (SSSR count). The molecule has 2 heteroatoms. The summed E-state index contributed by atoms with van der Waals surface area (Å²) in [6.45, 7) is 7.33. The Bertz CT molecular complexity index is 648. The monoisotopic (exact) mass is 356 g/mol. The van der Waals surface area contributed by atoms with Gasteiger partial charge >= 0.3 is 0 Å². The first-order valence-corrected chi connectivity index (χ1v) is 10.1. The molecule has 0 heterocycles. The van der Waals surface area contributed by atoms with E-state index in [0.29, 0.717) is 0 Å². The van der Waals surface area contributed by atoms with Crippen molar-refractivity contribution in [3.8, 4) is 11.1 Å². The lowest BCUT2D eigenvalue weighted by Crippen LogP contribution is -2.14. The number of benzene rings is 2. The molecule has 1 atom stereocenters. The van der Waals surface area contributed by atoms with E-state index in [0.717, 1.165) is 43.4 Å². The van der Waals surface area contributed by atoms with Crippen LogP contribution in [-0.4, -0.2) is 12.7 Å². The molecule has 0 aromatic heterocycles.